The minimum atomic E-state index is -0.369. The van der Waals surface area contributed by atoms with E-state index in [9.17, 15) is 9.59 Å². The highest BCUT2D eigenvalue weighted by Gasteiger charge is 2.23. The van der Waals surface area contributed by atoms with Crippen molar-refractivity contribution in [3.63, 3.8) is 0 Å². The summed E-state index contributed by atoms with van der Waals surface area (Å²) >= 11 is 0. The largest absolute Gasteiger partial charge is 0.449 e. The summed E-state index contributed by atoms with van der Waals surface area (Å²) < 4.78 is 5.26. The van der Waals surface area contributed by atoms with Gasteiger partial charge in [0.05, 0.1) is 12.9 Å². The van der Waals surface area contributed by atoms with Crippen molar-refractivity contribution in [2.24, 2.45) is 0 Å². The number of carbonyl (C=O) groups excluding carboxylic acids is 2. The van der Waals surface area contributed by atoms with E-state index in [-0.39, 0.29) is 23.9 Å². The van der Waals surface area contributed by atoms with E-state index in [4.69, 9.17) is 15.6 Å². The zero-order valence-corrected chi connectivity index (χ0v) is 19.5. The lowest BCUT2D eigenvalue weighted by atomic mass is 9.97. The molecule has 1 aliphatic heterocycles. The fraction of sp³-hybridized carbons (Fsp3) is 0.320. The van der Waals surface area contributed by atoms with E-state index < -0.39 is 0 Å². The molecule has 1 aliphatic rings. The molecule has 2 aromatic rings. The molecule has 178 valence electrons. The number of fused-ring (bicyclic) bond motifs is 1. The van der Waals surface area contributed by atoms with E-state index in [1.54, 1.807) is 41.3 Å². The Labute approximate surface area is 199 Å². The average Bonchev–Trinajstić information content (AvgIpc) is 2.83. The summed E-state index contributed by atoms with van der Waals surface area (Å²) in [4.78, 5) is 32.7. The number of carbonyl (C=O) groups is 2. The molecule has 0 unspecified atom stereocenters. The molecule has 34 heavy (non-hydrogen) atoms. The van der Waals surface area contributed by atoms with E-state index in [1.165, 1.54) is 4.90 Å². The van der Waals surface area contributed by atoms with Gasteiger partial charge in [0.2, 0.25) is 0 Å². The Kier molecular flexibility index (Phi) is 8.13. The molecule has 2 heterocycles. The van der Waals surface area contributed by atoms with Crippen molar-refractivity contribution >= 4 is 30.0 Å². The molecule has 9 nitrogen and oxygen atoms in total. The molecule has 0 bridgehead atoms. The van der Waals surface area contributed by atoms with E-state index in [0.717, 1.165) is 17.5 Å². The molecule has 0 saturated carbocycles. The summed E-state index contributed by atoms with van der Waals surface area (Å²) in [5, 5.41) is 18.6. The number of nitrogens with one attached hydrogen (secondary N) is 3. The van der Waals surface area contributed by atoms with Crippen LogP contribution >= 0.6 is 0 Å². The Morgan fingerprint density at radius 3 is 2.79 bits per heavy atom. The Bertz CT molecular complexity index is 1100. The second-order valence-electron chi connectivity index (χ2n) is 8.19. The smallest absolute Gasteiger partial charge is 0.410 e. The van der Waals surface area contributed by atoms with Gasteiger partial charge in [-0.3, -0.25) is 15.6 Å². The van der Waals surface area contributed by atoms with Crippen LogP contribution in [0.15, 0.2) is 49.1 Å². The van der Waals surface area contributed by atoms with Gasteiger partial charge in [-0.15, -0.1) is 6.58 Å². The highest BCUT2D eigenvalue weighted by atomic mass is 16.6. The summed E-state index contributed by atoms with van der Waals surface area (Å²) in [7, 11) is 0. The van der Waals surface area contributed by atoms with Gasteiger partial charge in [0.25, 0.3) is 5.91 Å². The predicted octanol–water partition coefficient (Wildman–Crippen LogP) is 4.05. The Balaban J connectivity index is 1.70. The van der Waals surface area contributed by atoms with Crippen LogP contribution in [0, 0.1) is 10.8 Å². The summed E-state index contributed by atoms with van der Waals surface area (Å²) in [6.45, 7) is 8.62. The topological polar surface area (TPSA) is 122 Å². The minimum absolute atomic E-state index is 0.0700. The van der Waals surface area contributed by atoms with E-state index in [0.29, 0.717) is 49.6 Å². The number of nitrogens with zero attached hydrogens (tertiary/aromatic N) is 3. The number of hydrogen-bond acceptors (Lipinski definition) is 6. The number of ether oxygens (including phenoxy) is 1. The lowest BCUT2D eigenvalue weighted by Crippen LogP contribution is -2.36. The van der Waals surface area contributed by atoms with Gasteiger partial charge in [-0.1, -0.05) is 18.2 Å². The van der Waals surface area contributed by atoms with Crippen LogP contribution in [-0.2, 0) is 17.7 Å². The van der Waals surface area contributed by atoms with Gasteiger partial charge in [0.15, 0.2) is 5.84 Å². The SMILES string of the molecule is C=CCCOC(=O)N1CCc2ccc(C(=O)Nc3cccc(C(=N)N(C=N)C(C)C)n3)cc2C1. The molecule has 3 N–H and O–H groups in total. The number of rotatable bonds is 8. The molecule has 0 spiro atoms. The number of amides is 2. The van der Waals surface area contributed by atoms with Crippen molar-refractivity contribution in [2.45, 2.75) is 39.3 Å². The molecule has 1 aromatic heterocycles. The normalized spacial score (nSPS) is 12.5. The van der Waals surface area contributed by atoms with Crippen LogP contribution in [0.2, 0.25) is 0 Å². The fourth-order valence-electron chi connectivity index (χ4n) is 3.60. The van der Waals surface area contributed by atoms with Gasteiger partial charge in [-0.05, 0) is 62.1 Å². The summed E-state index contributed by atoms with van der Waals surface area (Å²) in [5.41, 5.74) is 2.81. The van der Waals surface area contributed by atoms with E-state index in [1.807, 2.05) is 19.9 Å². The zero-order chi connectivity index (χ0) is 24.7. The molecule has 0 atom stereocenters. The first-order valence-electron chi connectivity index (χ1n) is 11.1. The highest BCUT2D eigenvalue weighted by molar-refractivity contribution is 6.05. The molecule has 0 saturated heterocycles. The lowest BCUT2D eigenvalue weighted by Gasteiger charge is -2.28. The standard InChI is InChI=1S/C25H30N6O3/c1-4-5-13-34-25(33)30-12-11-18-9-10-19(14-20(18)15-30)24(32)29-22-8-6-7-21(28-22)23(27)31(16-26)17(2)3/h4,6-10,14,16-17,26-27H,1,5,11-13,15H2,2-3H3,(H,28,29,32). The number of benzene rings is 1. The molecular weight excluding hydrogens is 432 g/mol. The second-order valence-corrected chi connectivity index (χ2v) is 8.19. The quantitative estimate of drug-likeness (QED) is 0.236. The van der Waals surface area contributed by atoms with Crippen LogP contribution in [0.1, 0.15) is 47.4 Å². The Morgan fingerprint density at radius 2 is 2.09 bits per heavy atom. The van der Waals surface area contributed by atoms with Gasteiger partial charge in [-0.25, -0.2) is 9.78 Å². The van der Waals surface area contributed by atoms with Gasteiger partial charge in [-0.2, -0.15) is 0 Å². The maximum absolute atomic E-state index is 12.9. The maximum atomic E-state index is 12.9. The number of hydrogen-bond donors (Lipinski definition) is 3. The van der Waals surface area contributed by atoms with Crippen LogP contribution in [0.25, 0.3) is 0 Å². The van der Waals surface area contributed by atoms with Crippen molar-refractivity contribution in [1.82, 2.24) is 14.8 Å². The van der Waals surface area contributed by atoms with Crippen molar-refractivity contribution < 1.29 is 14.3 Å². The first-order chi connectivity index (χ1) is 16.3. The molecular formula is C25H30N6O3. The van der Waals surface area contributed by atoms with Crippen molar-refractivity contribution in [1.29, 1.82) is 10.8 Å². The Morgan fingerprint density at radius 1 is 1.29 bits per heavy atom. The molecule has 0 radical (unpaired) electrons. The maximum Gasteiger partial charge on any atom is 0.410 e. The van der Waals surface area contributed by atoms with Crippen LogP contribution in [0.5, 0.6) is 0 Å². The summed E-state index contributed by atoms with van der Waals surface area (Å²) in [6.07, 6.45) is 3.72. The van der Waals surface area contributed by atoms with Gasteiger partial charge < -0.3 is 19.9 Å². The molecule has 3 rings (SSSR count). The molecule has 0 fully saturated rings. The fourth-order valence-corrected chi connectivity index (χ4v) is 3.60. The first kappa shape index (κ1) is 24.6. The van der Waals surface area contributed by atoms with E-state index in [2.05, 4.69) is 16.9 Å². The zero-order valence-electron chi connectivity index (χ0n) is 19.5. The molecule has 0 aliphatic carbocycles. The third-order valence-corrected chi connectivity index (χ3v) is 5.47. The van der Waals surface area contributed by atoms with Crippen LogP contribution in [0.4, 0.5) is 10.6 Å². The molecule has 9 heteroatoms. The average molecular weight is 463 g/mol. The lowest BCUT2D eigenvalue weighted by molar-refractivity contribution is 0.0993. The summed E-state index contributed by atoms with van der Waals surface area (Å²) in [6, 6.07) is 10.4. The third-order valence-electron chi connectivity index (χ3n) is 5.47. The van der Waals surface area contributed by atoms with Gasteiger partial charge >= 0.3 is 6.09 Å². The molecule has 2 amide bonds. The van der Waals surface area contributed by atoms with Crippen molar-refractivity contribution in [3.8, 4) is 0 Å². The van der Waals surface area contributed by atoms with Crippen LogP contribution < -0.4 is 5.32 Å². The number of aromatic nitrogens is 1. The molecule has 1 aromatic carbocycles. The van der Waals surface area contributed by atoms with Crippen LogP contribution in [-0.4, -0.2) is 58.2 Å². The Hall–Kier alpha value is -4.01. The van der Waals surface area contributed by atoms with Crippen LogP contribution in [0.3, 0.4) is 0 Å². The number of pyridine rings is 1. The van der Waals surface area contributed by atoms with E-state index >= 15 is 0 Å². The van der Waals surface area contributed by atoms with Gasteiger partial charge in [0, 0.05) is 24.7 Å². The van der Waals surface area contributed by atoms with Crippen molar-refractivity contribution in [3.05, 3.63) is 71.4 Å². The predicted molar refractivity (Wildman–Crippen MR) is 131 cm³/mol. The summed E-state index contributed by atoms with van der Waals surface area (Å²) in [5.74, 6) is 0.0541. The van der Waals surface area contributed by atoms with Crippen molar-refractivity contribution in [2.75, 3.05) is 18.5 Å². The number of anilines is 1. The van der Waals surface area contributed by atoms with Gasteiger partial charge in [0.1, 0.15) is 11.5 Å². The highest BCUT2D eigenvalue weighted by Crippen LogP contribution is 2.22. The minimum Gasteiger partial charge on any atom is -0.449 e. The first-order valence-corrected chi connectivity index (χ1v) is 11.1. The third kappa shape index (κ3) is 5.86. The monoisotopic (exact) mass is 462 g/mol. The number of amidine groups is 1. The second kappa shape index (κ2) is 11.2.